The highest BCUT2D eigenvalue weighted by Gasteiger charge is 2.14. The number of rotatable bonds is 5. The molecule has 0 fully saturated rings. The third-order valence-electron chi connectivity index (χ3n) is 3.57. The molecule has 2 rings (SSSR count). The zero-order chi connectivity index (χ0) is 15.4. The van der Waals surface area contributed by atoms with Crippen molar-refractivity contribution in [1.82, 2.24) is 9.97 Å². The van der Waals surface area contributed by atoms with E-state index in [1.54, 1.807) is 0 Å². The molecule has 0 aliphatic carbocycles. The molecule has 0 bridgehead atoms. The second-order valence-electron chi connectivity index (χ2n) is 5.59. The summed E-state index contributed by atoms with van der Waals surface area (Å²) in [4.78, 5) is 9.25. The Kier molecular flexibility index (Phi) is 4.78. The number of hydrogen-bond donors (Lipinski definition) is 2. The van der Waals surface area contributed by atoms with Gasteiger partial charge >= 0.3 is 0 Å². The van der Waals surface area contributed by atoms with Gasteiger partial charge in [-0.15, -0.1) is 0 Å². The van der Waals surface area contributed by atoms with E-state index in [-0.39, 0.29) is 6.04 Å². The van der Waals surface area contributed by atoms with Gasteiger partial charge in [-0.05, 0) is 19.4 Å². The zero-order valence-electron chi connectivity index (χ0n) is 13.4. The van der Waals surface area contributed by atoms with Gasteiger partial charge in [0.1, 0.15) is 17.5 Å². The molecule has 21 heavy (non-hydrogen) atoms. The minimum Gasteiger partial charge on any atom is -0.373 e. The van der Waals surface area contributed by atoms with Crippen LogP contribution in [0.5, 0.6) is 0 Å². The number of anilines is 2. The molecule has 0 aliphatic rings. The van der Waals surface area contributed by atoms with E-state index >= 15 is 0 Å². The molecule has 0 radical (unpaired) electrons. The SMILES string of the molecule is CNc1nc(C(C)C)nc(NC(C)c2ccccc2)c1C. The van der Waals surface area contributed by atoms with Gasteiger partial charge in [-0.1, -0.05) is 44.2 Å². The smallest absolute Gasteiger partial charge is 0.135 e. The molecule has 1 aromatic heterocycles. The zero-order valence-corrected chi connectivity index (χ0v) is 13.4. The molecule has 0 saturated heterocycles. The lowest BCUT2D eigenvalue weighted by Gasteiger charge is -2.19. The normalized spacial score (nSPS) is 12.3. The Morgan fingerprint density at radius 3 is 2.14 bits per heavy atom. The maximum Gasteiger partial charge on any atom is 0.135 e. The van der Waals surface area contributed by atoms with E-state index in [2.05, 4.69) is 65.6 Å². The van der Waals surface area contributed by atoms with Crippen LogP contribution in [-0.4, -0.2) is 17.0 Å². The van der Waals surface area contributed by atoms with Crippen LogP contribution in [0.1, 0.15) is 49.7 Å². The Labute approximate surface area is 127 Å². The lowest BCUT2D eigenvalue weighted by Crippen LogP contribution is -2.13. The van der Waals surface area contributed by atoms with Gasteiger partial charge in [0.2, 0.25) is 0 Å². The van der Waals surface area contributed by atoms with Crippen molar-refractivity contribution >= 4 is 11.6 Å². The molecule has 2 N–H and O–H groups in total. The molecule has 1 atom stereocenters. The number of nitrogens with one attached hydrogen (secondary N) is 2. The summed E-state index contributed by atoms with van der Waals surface area (Å²) in [7, 11) is 1.89. The van der Waals surface area contributed by atoms with Crippen molar-refractivity contribution in [3.63, 3.8) is 0 Å². The molecule has 4 nitrogen and oxygen atoms in total. The number of aromatic nitrogens is 2. The molecule has 0 spiro atoms. The molecule has 0 aliphatic heterocycles. The van der Waals surface area contributed by atoms with Gasteiger partial charge in [0, 0.05) is 24.6 Å². The highest BCUT2D eigenvalue weighted by atomic mass is 15.1. The fourth-order valence-electron chi connectivity index (χ4n) is 2.21. The largest absolute Gasteiger partial charge is 0.373 e. The first kappa shape index (κ1) is 15.3. The predicted molar refractivity (Wildman–Crippen MR) is 88.9 cm³/mol. The van der Waals surface area contributed by atoms with E-state index in [0.717, 1.165) is 23.0 Å². The second-order valence-corrected chi connectivity index (χ2v) is 5.59. The van der Waals surface area contributed by atoms with Crippen LogP contribution in [0.4, 0.5) is 11.6 Å². The Bertz CT molecular complexity index is 593. The second kappa shape index (κ2) is 6.57. The van der Waals surface area contributed by atoms with E-state index in [0.29, 0.717) is 5.92 Å². The summed E-state index contributed by atoms with van der Waals surface area (Å²) in [6.07, 6.45) is 0. The van der Waals surface area contributed by atoms with E-state index < -0.39 is 0 Å². The average molecular weight is 284 g/mol. The standard InChI is InChI=1S/C17H24N4/c1-11(2)15-20-16(18-5)12(3)17(21-15)19-13(4)14-9-7-6-8-10-14/h6-11,13H,1-5H3,(H2,18,19,20,21). The fourth-order valence-corrected chi connectivity index (χ4v) is 2.21. The summed E-state index contributed by atoms with van der Waals surface area (Å²) in [6, 6.07) is 10.6. The Morgan fingerprint density at radius 2 is 1.57 bits per heavy atom. The van der Waals surface area contributed by atoms with E-state index in [9.17, 15) is 0 Å². The maximum atomic E-state index is 4.68. The van der Waals surface area contributed by atoms with Gasteiger partial charge in [-0.2, -0.15) is 0 Å². The monoisotopic (exact) mass is 284 g/mol. The van der Waals surface area contributed by atoms with Crippen molar-refractivity contribution < 1.29 is 0 Å². The first-order valence-electron chi connectivity index (χ1n) is 7.40. The lowest BCUT2D eigenvalue weighted by atomic mass is 10.1. The van der Waals surface area contributed by atoms with Gasteiger partial charge in [0.25, 0.3) is 0 Å². The highest BCUT2D eigenvalue weighted by molar-refractivity contribution is 5.58. The minimum atomic E-state index is 0.199. The van der Waals surface area contributed by atoms with Crippen LogP contribution in [0.3, 0.4) is 0 Å². The van der Waals surface area contributed by atoms with Gasteiger partial charge in [-0.3, -0.25) is 0 Å². The van der Waals surface area contributed by atoms with Crippen LogP contribution in [0.2, 0.25) is 0 Å². The highest BCUT2D eigenvalue weighted by Crippen LogP contribution is 2.26. The Morgan fingerprint density at radius 1 is 0.952 bits per heavy atom. The van der Waals surface area contributed by atoms with Crippen molar-refractivity contribution in [2.45, 2.75) is 39.7 Å². The third-order valence-corrected chi connectivity index (χ3v) is 3.57. The lowest BCUT2D eigenvalue weighted by molar-refractivity contribution is 0.766. The summed E-state index contributed by atoms with van der Waals surface area (Å²) >= 11 is 0. The van der Waals surface area contributed by atoms with Crippen molar-refractivity contribution in [2.75, 3.05) is 17.7 Å². The predicted octanol–water partition coefficient (Wildman–Crippen LogP) is 4.12. The average Bonchev–Trinajstić information content (AvgIpc) is 2.49. The molecule has 112 valence electrons. The fraction of sp³-hybridized carbons (Fsp3) is 0.412. The van der Waals surface area contributed by atoms with Gasteiger partial charge in [0.05, 0.1) is 0 Å². The quantitative estimate of drug-likeness (QED) is 0.867. The van der Waals surface area contributed by atoms with E-state index in [1.807, 2.05) is 20.0 Å². The summed E-state index contributed by atoms with van der Waals surface area (Å²) < 4.78 is 0. The number of nitrogens with zero attached hydrogens (tertiary/aromatic N) is 2. The minimum absolute atomic E-state index is 0.199. The maximum absolute atomic E-state index is 4.68. The molecule has 2 aromatic rings. The third kappa shape index (κ3) is 3.51. The number of hydrogen-bond acceptors (Lipinski definition) is 4. The van der Waals surface area contributed by atoms with Crippen molar-refractivity contribution in [3.05, 3.63) is 47.3 Å². The summed E-state index contributed by atoms with van der Waals surface area (Å²) in [5.41, 5.74) is 2.29. The van der Waals surface area contributed by atoms with Gasteiger partial charge in [-0.25, -0.2) is 9.97 Å². The van der Waals surface area contributed by atoms with Crippen LogP contribution < -0.4 is 10.6 Å². The van der Waals surface area contributed by atoms with Crippen molar-refractivity contribution in [1.29, 1.82) is 0 Å². The van der Waals surface area contributed by atoms with Crippen LogP contribution in [-0.2, 0) is 0 Å². The summed E-state index contributed by atoms with van der Waals surface area (Å²) in [5, 5.41) is 6.66. The van der Waals surface area contributed by atoms with E-state index in [1.165, 1.54) is 5.56 Å². The number of benzene rings is 1. The molecule has 0 saturated carbocycles. The summed E-state index contributed by atoms with van der Waals surface area (Å²) in [6.45, 7) is 8.39. The van der Waals surface area contributed by atoms with Gasteiger partial charge in [0.15, 0.2) is 0 Å². The molecule has 1 unspecified atom stereocenters. The molecule has 0 amide bonds. The van der Waals surface area contributed by atoms with Gasteiger partial charge < -0.3 is 10.6 Å². The van der Waals surface area contributed by atoms with Crippen LogP contribution in [0.25, 0.3) is 0 Å². The molecular formula is C17H24N4. The molecule has 1 heterocycles. The molecule has 1 aromatic carbocycles. The van der Waals surface area contributed by atoms with Crippen molar-refractivity contribution in [2.24, 2.45) is 0 Å². The molecule has 4 heteroatoms. The van der Waals surface area contributed by atoms with Crippen LogP contribution in [0.15, 0.2) is 30.3 Å². The van der Waals surface area contributed by atoms with Crippen molar-refractivity contribution in [3.8, 4) is 0 Å². The van der Waals surface area contributed by atoms with E-state index in [4.69, 9.17) is 0 Å². The van der Waals surface area contributed by atoms with Crippen LogP contribution >= 0.6 is 0 Å². The molecular weight excluding hydrogens is 260 g/mol. The Balaban J connectivity index is 2.32. The first-order valence-corrected chi connectivity index (χ1v) is 7.40. The topological polar surface area (TPSA) is 49.8 Å². The first-order chi connectivity index (χ1) is 10.0. The Hall–Kier alpha value is -2.10. The van der Waals surface area contributed by atoms with Crippen LogP contribution in [0, 0.1) is 6.92 Å². The summed E-state index contributed by atoms with van der Waals surface area (Å²) in [5.74, 6) is 2.93.